The molecule has 4 nitrogen and oxygen atoms in total. The van der Waals surface area contributed by atoms with Gasteiger partial charge in [0.05, 0.1) is 11.2 Å². The summed E-state index contributed by atoms with van der Waals surface area (Å²) in [5.74, 6) is 0. The van der Waals surface area contributed by atoms with Gasteiger partial charge in [-0.2, -0.15) is 0 Å². The molecule has 192 valence electrons. The summed E-state index contributed by atoms with van der Waals surface area (Å²) in [5.41, 5.74) is 9.05. The van der Waals surface area contributed by atoms with Crippen LogP contribution in [0.4, 0.5) is 0 Å². The summed E-state index contributed by atoms with van der Waals surface area (Å²) < 4.78 is 13.0. The van der Waals surface area contributed by atoms with Gasteiger partial charge in [0.1, 0.15) is 0 Å². The van der Waals surface area contributed by atoms with Crippen LogP contribution in [0.1, 0.15) is 27.7 Å². The summed E-state index contributed by atoms with van der Waals surface area (Å²) in [6.07, 6.45) is 7.39. The molecule has 2 aromatic heterocycles. The van der Waals surface area contributed by atoms with Crippen LogP contribution in [0.5, 0.6) is 0 Å². The van der Waals surface area contributed by atoms with E-state index in [1.807, 2.05) is 24.5 Å². The van der Waals surface area contributed by atoms with Gasteiger partial charge in [0, 0.05) is 35.9 Å². The number of hydrogen-bond donors (Lipinski definition) is 0. The van der Waals surface area contributed by atoms with E-state index in [4.69, 9.17) is 9.31 Å². The van der Waals surface area contributed by atoms with E-state index in [1.54, 1.807) is 12.4 Å². The second kappa shape index (κ2) is 9.92. The maximum Gasteiger partial charge on any atom is 0.494 e. The molecule has 1 aliphatic rings. The Kier molecular flexibility index (Phi) is 6.42. The highest BCUT2D eigenvalue weighted by Gasteiger charge is 2.51. The zero-order valence-electron chi connectivity index (χ0n) is 22.8. The Morgan fingerprint density at radius 3 is 1.28 bits per heavy atom. The molecule has 1 aliphatic heterocycles. The molecule has 5 heteroatoms. The first-order chi connectivity index (χ1) is 18.8. The zero-order chi connectivity index (χ0) is 27.0. The van der Waals surface area contributed by atoms with Crippen molar-refractivity contribution in [3.05, 3.63) is 116 Å². The summed E-state index contributed by atoms with van der Waals surface area (Å²) in [6.45, 7) is 8.36. The number of rotatable bonds is 5. The third kappa shape index (κ3) is 5.03. The van der Waals surface area contributed by atoms with Crippen molar-refractivity contribution in [3.8, 4) is 44.5 Å². The first kappa shape index (κ1) is 25.2. The van der Waals surface area contributed by atoms with Crippen molar-refractivity contribution in [2.45, 2.75) is 38.9 Å². The van der Waals surface area contributed by atoms with Crippen LogP contribution in [0.3, 0.4) is 0 Å². The summed E-state index contributed by atoms with van der Waals surface area (Å²) in [6, 6.07) is 31.9. The highest BCUT2D eigenvalue weighted by atomic mass is 16.7. The van der Waals surface area contributed by atoms with Crippen molar-refractivity contribution in [1.29, 1.82) is 0 Å². The molecule has 0 N–H and O–H groups in total. The van der Waals surface area contributed by atoms with Crippen LogP contribution >= 0.6 is 0 Å². The fraction of sp³-hybridized carbons (Fsp3) is 0.176. The maximum absolute atomic E-state index is 6.48. The quantitative estimate of drug-likeness (QED) is 0.231. The Hall–Kier alpha value is -4.06. The van der Waals surface area contributed by atoms with Gasteiger partial charge in [-0.3, -0.25) is 9.97 Å². The molecular weight excluding hydrogens is 479 g/mol. The lowest BCUT2D eigenvalue weighted by Gasteiger charge is -2.32. The molecule has 3 aromatic carbocycles. The van der Waals surface area contributed by atoms with Crippen molar-refractivity contribution in [2.75, 3.05) is 0 Å². The van der Waals surface area contributed by atoms with Gasteiger partial charge in [0.2, 0.25) is 0 Å². The van der Waals surface area contributed by atoms with Crippen molar-refractivity contribution >= 4 is 12.6 Å². The average molecular weight is 510 g/mol. The topological polar surface area (TPSA) is 44.2 Å². The summed E-state index contributed by atoms with van der Waals surface area (Å²) in [5, 5.41) is 0. The molecule has 1 saturated heterocycles. The molecule has 1 fully saturated rings. The third-order valence-electron chi connectivity index (χ3n) is 7.86. The predicted molar refractivity (Wildman–Crippen MR) is 159 cm³/mol. The minimum atomic E-state index is -0.461. The fourth-order valence-corrected chi connectivity index (χ4v) is 4.92. The van der Waals surface area contributed by atoms with Gasteiger partial charge in [0.15, 0.2) is 0 Å². The van der Waals surface area contributed by atoms with E-state index in [2.05, 4.69) is 117 Å². The van der Waals surface area contributed by atoms with E-state index in [0.717, 1.165) is 50.0 Å². The minimum Gasteiger partial charge on any atom is -0.399 e. The lowest BCUT2D eigenvalue weighted by Crippen LogP contribution is -2.41. The van der Waals surface area contributed by atoms with Crippen molar-refractivity contribution in [1.82, 2.24) is 9.97 Å². The van der Waals surface area contributed by atoms with Crippen molar-refractivity contribution in [2.24, 2.45) is 0 Å². The monoisotopic (exact) mass is 510 g/mol. The van der Waals surface area contributed by atoms with Crippen LogP contribution in [0.25, 0.3) is 44.5 Å². The van der Waals surface area contributed by atoms with Gasteiger partial charge in [-0.1, -0.05) is 60.7 Å². The van der Waals surface area contributed by atoms with Crippen LogP contribution in [0.15, 0.2) is 116 Å². The van der Waals surface area contributed by atoms with E-state index in [-0.39, 0.29) is 0 Å². The molecule has 0 atom stereocenters. The Bertz CT molecular complexity index is 1500. The summed E-state index contributed by atoms with van der Waals surface area (Å²) in [4.78, 5) is 8.61. The second-order valence-corrected chi connectivity index (χ2v) is 11.1. The first-order valence-electron chi connectivity index (χ1n) is 13.3. The number of hydrogen-bond acceptors (Lipinski definition) is 4. The molecule has 0 amide bonds. The molecule has 0 unspecified atom stereocenters. The van der Waals surface area contributed by atoms with E-state index in [0.29, 0.717) is 0 Å². The highest BCUT2D eigenvalue weighted by Crippen LogP contribution is 2.38. The van der Waals surface area contributed by atoms with Crippen LogP contribution in [-0.4, -0.2) is 28.3 Å². The minimum absolute atomic E-state index is 0.422. The van der Waals surface area contributed by atoms with Crippen LogP contribution in [0.2, 0.25) is 0 Å². The normalized spacial score (nSPS) is 15.8. The average Bonchev–Trinajstić information content (AvgIpc) is 3.20. The highest BCUT2D eigenvalue weighted by molar-refractivity contribution is 6.62. The van der Waals surface area contributed by atoms with Gasteiger partial charge in [-0.25, -0.2) is 0 Å². The van der Waals surface area contributed by atoms with Gasteiger partial charge in [0.25, 0.3) is 0 Å². The number of nitrogens with zero attached hydrogens (tertiary/aromatic N) is 2. The summed E-state index contributed by atoms with van der Waals surface area (Å²) >= 11 is 0. The molecular formula is C34H31BN2O2. The largest absolute Gasteiger partial charge is 0.494 e. The van der Waals surface area contributed by atoms with Gasteiger partial charge in [-0.15, -0.1) is 0 Å². The maximum atomic E-state index is 6.48. The summed E-state index contributed by atoms with van der Waals surface area (Å²) in [7, 11) is -0.461. The number of aromatic nitrogens is 2. The number of pyridine rings is 2. The molecule has 39 heavy (non-hydrogen) atoms. The SMILES string of the molecule is CC1(C)OB(c2cc(-c3cccc(-c4cccnc4)c3)cc(-c3cccc(-c4cccnc4)c3)c2)OC1(C)C. The smallest absolute Gasteiger partial charge is 0.399 e. The molecule has 0 spiro atoms. The molecule has 6 rings (SSSR count). The van der Waals surface area contributed by atoms with Crippen molar-refractivity contribution < 1.29 is 9.31 Å². The second-order valence-electron chi connectivity index (χ2n) is 11.1. The van der Waals surface area contributed by atoms with Crippen LogP contribution in [-0.2, 0) is 9.31 Å². The molecule has 0 saturated carbocycles. The Balaban J connectivity index is 1.48. The van der Waals surface area contributed by atoms with Crippen LogP contribution < -0.4 is 5.46 Å². The predicted octanol–water partition coefficient (Wildman–Crippen LogP) is 7.44. The fourth-order valence-electron chi connectivity index (χ4n) is 4.92. The van der Waals surface area contributed by atoms with E-state index in [1.165, 1.54) is 0 Å². The molecule has 0 aliphatic carbocycles. The van der Waals surface area contributed by atoms with Gasteiger partial charge >= 0.3 is 7.12 Å². The Morgan fingerprint density at radius 2 is 0.872 bits per heavy atom. The standard InChI is InChI=1S/C34H31BN2O2/c1-33(2)34(3,4)39-35(38-33)32-20-30(26-11-5-9-24(17-26)28-13-7-15-36-22-28)19-31(21-32)27-12-6-10-25(18-27)29-14-8-16-37-23-29/h5-23H,1-4H3. The van der Waals surface area contributed by atoms with Crippen molar-refractivity contribution in [3.63, 3.8) is 0 Å². The lowest BCUT2D eigenvalue weighted by molar-refractivity contribution is 0.00578. The molecule has 3 heterocycles. The lowest BCUT2D eigenvalue weighted by atomic mass is 9.76. The van der Waals surface area contributed by atoms with Crippen LogP contribution in [0, 0.1) is 0 Å². The van der Waals surface area contributed by atoms with E-state index < -0.39 is 18.3 Å². The van der Waals surface area contributed by atoms with Gasteiger partial charge < -0.3 is 9.31 Å². The Morgan fingerprint density at radius 1 is 0.487 bits per heavy atom. The number of benzene rings is 3. The molecule has 5 aromatic rings. The Labute approximate surface area is 230 Å². The van der Waals surface area contributed by atoms with Gasteiger partial charge in [-0.05, 0) is 96.9 Å². The van der Waals surface area contributed by atoms with E-state index >= 15 is 0 Å². The first-order valence-corrected chi connectivity index (χ1v) is 13.3. The molecule has 0 bridgehead atoms. The molecule has 0 radical (unpaired) electrons. The zero-order valence-corrected chi connectivity index (χ0v) is 22.8. The van der Waals surface area contributed by atoms with E-state index in [9.17, 15) is 0 Å². The third-order valence-corrected chi connectivity index (χ3v) is 7.86.